The van der Waals surface area contributed by atoms with Crippen LogP contribution in [0.15, 0.2) is 35.5 Å². The summed E-state index contributed by atoms with van der Waals surface area (Å²) in [7, 11) is 0. The Labute approximate surface area is 214 Å². The lowest BCUT2D eigenvalue weighted by molar-refractivity contribution is -0.274. The fraction of sp³-hybridized carbons (Fsp3) is 0.793. The number of β-amino-alcohol motifs (C(OH)–C–C–N with tert-alkyl or cyclic N) is 1. The van der Waals surface area contributed by atoms with Crippen molar-refractivity contribution < 1.29 is 28.5 Å². The van der Waals surface area contributed by atoms with Crippen molar-refractivity contribution in [3.8, 4) is 0 Å². The maximum Gasteiger partial charge on any atom is 0.418 e. The Bertz CT molecular complexity index is 899. The minimum Gasteiger partial charge on any atom is -0.392 e. The zero-order valence-electron chi connectivity index (χ0n) is 22.0. The van der Waals surface area contributed by atoms with E-state index in [1.165, 1.54) is 5.57 Å². The molecule has 1 saturated heterocycles. The molecule has 4 fully saturated rings. The maximum absolute atomic E-state index is 13.4. The molecule has 3 aliphatic carbocycles. The van der Waals surface area contributed by atoms with E-state index in [0.717, 1.165) is 37.7 Å². The summed E-state index contributed by atoms with van der Waals surface area (Å²) in [5.41, 5.74) is 0.531. The van der Waals surface area contributed by atoms with Gasteiger partial charge in [-0.2, -0.15) is 13.2 Å². The van der Waals surface area contributed by atoms with E-state index in [0.29, 0.717) is 43.3 Å². The number of rotatable bonds is 4. The first-order chi connectivity index (χ1) is 16.8. The summed E-state index contributed by atoms with van der Waals surface area (Å²) in [6.07, 6.45) is 4.38. The zero-order chi connectivity index (χ0) is 26.5. The highest BCUT2D eigenvalue weighted by atomic mass is 19.4. The molecule has 1 heterocycles. The number of halogens is 3. The largest absolute Gasteiger partial charge is 0.418 e. The topological polar surface area (TPSA) is 63.9 Å². The number of hydrogen-bond acceptors (Lipinski definition) is 4. The number of allylic oxidation sites excluding steroid dienone is 3. The van der Waals surface area contributed by atoms with Crippen LogP contribution in [0.4, 0.5) is 13.2 Å². The molecule has 0 aromatic rings. The van der Waals surface area contributed by atoms with Gasteiger partial charge in [0.05, 0.1) is 12.2 Å². The Hall–Kier alpha value is -1.15. The fourth-order valence-electron chi connectivity index (χ4n) is 7.90. The summed E-state index contributed by atoms with van der Waals surface area (Å²) in [4.78, 5) is 1.83. The second-order valence-corrected chi connectivity index (χ2v) is 12.5. The van der Waals surface area contributed by atoms with Crippen LogP contribution in [0.2, 0.25) is 0 Å². The number of aliphatic hydroxyl groups excluding tert-OH is 2. The van der Waals surface area contributed by atoms with Gasteiger partial charge in [0.1, 0.15) is 0 Å². The summed E-state index contributed by atoms with van der Waals surface area (Å²) in [6, 6.07) is 0. The smallest absolute Gasteiger partial charge is 0.392 e. The van der Waals surface area contributed by atoms with Gasteiger partial charge in [0.2, 0.25) is 0 Å². The molecule has 204 valence electrons. The number of hydrogen-bond donors (Lipinski definition) is 3. The van der Waals surface area contributed by atoms with Gasteiger partial charge in [-0.25, -0.2) is 0 Å². The average Bonchev–Trinajstić information content (AvgIpc) is 3.16. The second-order valence-electron chi connectivity index (χ2n) is 12.5. The average molecular weight is 512 g/mol. The molecule has 0 radical (unpaired) electrons. The SMILES string of the molecule is C=C1/C(=C\C=C2/CCC[C@]3(C)C([C@H](C)CN4CCCC(O)(C(F)(F)F)C4)CC[C@@H]23)C[C@@H](O)[C@H](C)[C@@H]1O. The van der Waals surface area contributed by atoms with Crippen molar-refractivity contribution in [2.75, 3.05) is 19.6 Å². The molecule has 0 amide bonds. The molecule has 0 aromatic heterocycles. The van der Waals surface area contributed by atoms with Gasteiger partial charge in [0.15, 0.2) is 5.60 Å². The van der Waals surface area contributed by atoms with E-state index >= 15 is 0 Å². The summed E-state index contributed by atoms with van der Waals surface area (Å²) < 4.78 is 40.3. The predicted octanol–water partition coefficient (Wildman–Crippen LogP) is 5.40. The summed E-state index contributed by atoms with van der Waals surface area (Å²) in [6.45, 7) is 11.3. The summed E-state index contributed by atoms with van der Waals surface area (Å²) in [5.74, 6) is 0.895. The van der Waals surface area contributed by atoms with Crippen LogP contribution < -0.4 is 0 Å². The van der Waals surface area contributed by atoms with Crippen LogP contribution in [0.25, 0.3) is 0 Å². The second kappa shape index (κ2) is 10.2. The van der Waals surface area contributed by atoms with E-state index in [-0.39, 0.29) is 30.2 Å². The number of nitrogens with zero attached hydrogens (tertiary/aromatic N) is 1. The monoisotopic (exact) mass is 511 g/mol. The van der Waals surface area contributed by atoms with E-state index < -0.39 is 24.0 Å². The Morgan fingerprint density at radius 3 is 2.58 bits per heavy atom. The zero-order valence-corrected chi connectivity index (χ0v) is 22.0. The minimum atomic E-state index is -4.59. The number of aliphatic hydroxyl groups is 3. The van der Waals surface area contributed by atoms with Gasteiger partial charge in [-0.15, -0.1) is 0 Å². The third kappa shape index (κ3) is 5.10. The first kappa shape index (κ1) is 27.9. The summed E-state index contributed by atoms with van der Waals surface area (Å²) in [5, 5.41) is 31.0. The Balaban J connectivity index is 1.46. The van der Waals surface area contributed by atoms with Crippen molar-refractivity contribution in [2.24, 2.45) is 29.1 Å². The Kier molecular flexibility index (Phi) is 7.90. The van der Waals surface area contributed by atoms with Crippen LogP contribution in [0.1, 0.15) is 72.1 Å². The normalized spacial score (nSPS) is 43.7. The quantitative estimate of drug-likeness (QED) is 0.473. The first-order valence-corrected chi connectivity index (χ1v) is 13.7. The molecule has 1 aliphatic heterocycles. The highest BCUT2D eigenvalue weighted by molar-refractivity contribution is 5.39. The molecule has 3 N–H and O–H groups in total. The molecule has 0 spiro atoms. The molecule has 3 saturated carbocycles. The number of piperidine rings is 1. The Morgan fingerprint density at radius 2 is 1.89 bits per heavy atom. The molecule has 36 heavy (non-hydrogen) atoms. The van der Waals surface area contributed by atoms with Gasteiger partial charge >= 0.3 is 6.18 Å². The lowest BCUT2D eigenvalue weighted by atomic mass is 9.61. The fourth-order valence-corrected chi connectivity index (χ4v) is 7.90. The molecule has 4 rings (SSSR count). The van der Waals surface area contributed by atoms with Gasteiger partial charge in [-0.1, -0.05) is 45.1 Å². The molecular formula is C29H44F3NO3. The number of alkyl halides is 3. The molecule has 8 atom stereocenters. The van der Waals surface area contributed by atoms with Gasteiger partial charge in [0.25, 0.3) is 0 Å². The minimum absolute atomic E-state index is 0.106. The first-order valence-electron chi connectivity index (χ1n) is 13.7. The van der Waals surface area contributed by atoms with E-state index in [4.69, 9.17) is 0 Å². The lowest BCUT2D eigenvalue weighted by Gasteiger charge is -2.46. The van der Waals surface area contributed by atoms with Crippen LogP contribution in [-0.4, -0.2) is 63.8 Å². The highest BCUT2D eigenvalue weighted by Gasteiger charge is 2.56. The van der Waals surface area contributed by atoms with E-state index in [1.54, 1.807) is 0 Å². The molecule has 4 nitrogen and oxygen atoms in total. The van der Waals surface area contributed by atoms with E-state index in [1.807, 2.05) is 17.9 Å². The van der Waals surface area contributed by atoms with Crippen molar-refractivity contribution in [1.82, 2.24) is 4.90 Å². The van der Waals surface area contributed by atoms with E-state index in [9.17, 15) is 28.5 Å². The third-order valence-electron chi connectivity index (χ3n) is 10.2. The standard InChI is InChI=1S/C29H44F3NO3/c1-18(16-33-14-6-13-28(36,17-33)29(30,31)32)23-10-11-24-21(7-5-12-27(23,24)4)8-9-22-15-25(34)20(3)26(35)19(22)2/h8-9,18,20,23-26,34-36H,2,5-7,10-17H2,1,3-4H3/b21-8+,22-9-/t18-,20+,23?,24+,25-,26-,27-,28?/m1/s1. The molecule has 4 aliphatic rings. The van der Waals surface area contributed by atoms with E-state index in [2.05, 4.69) is 26.5 Å². The third-order valence-corrected chi connectivity index (χ3v) is 10.2. The summed E-state index contributed by atoms with van der Waals surface area (Å²) >= 11 is 0. The maximum atomic E-state index is 13.4. The van der Waals surface area contributed by atoms with Crippen LogP contribution >= 0.6 is 0 Å². The molecule has 0 bridgehead atoms. The van der Waals surface area contributed by atoms with Crippen LogP contribution in [0.5, 0.6) is 0 Å². The van der Waals surface area contributed by atoms with Crippen LogP contribution in [0, 0.1) is 29.1 Å². The molecule has 0 aromatic carbocycles. The predicted molar refractivity (Wildman–Crippen MR) is 135 cm³/mol. The van der Waals surface area contributed by atoms with Crippen molar-refractivity contribution >= 4 is 0 Å². The molecule has 2 unspecified atom stereocenters. The van der Waals surface area contributed by atoms with Crippen molar-refractivity contribution in [1.29, 1.82) is 0 Å². The van der Waals surface area contributed by atoms with Crippen molar-refractivity contribution in [3.63, 3.8) is 0 Å². The van der Waals surface area contributed by atoms with Gasteiger partial charge in [-0.3, -0.25) is 4.90 Å². The number of fused-ring (bicyclic) bond motifs is 1. The molecule has 7 heteroatoms. The van der Waals surface area contributed by atoms with Crippen LogP contribution in [-0.2, 0) is 0 Å². The molecular weight excluding hydrogens is 467 g/mol. The van der Waals surface area contributed by atoms with Gasteiger partial charge in [-0.05, 0) is 92.2 Å². The van der Waals surface area contributed by atoms with Crippen LogP contribution in [0.3, 0.4) is 0 Å². The lowest BCUT2D eigenvalue weighted by Crippen LogP contribution is -2.57. The van der Waals surface area contributed by atoms with Crippen molar-refractivity contribution in [3.05, 3.63) is 35.5 Å². The van der Waals surface area contributed by atoms with Gasteiger partial charge < -0.3 is 15.3 Å². The number of likely N-dealkylation sites (tertiary alicyclic amines) is 1. The Morgan fingerprint density at radius 1 is 1.17 bits per heavy atom. The van der Waals surface area contributed by atoms with Crippen molar-refractivity contribution in [2.45, 2.75) is 96.1 Å². The highest BCUT2D eigenvalue weighted by Crippen LogP contribution is 2.59. The van der Waals surface area contributed by atoms with Gasteiger partial charge in [0, 0.05) is 19.0 Å².